The number of nitrogens with zero attached hydrogens (tertiary/aromatic N) is 4. The highest BCUT2D eigenvalue weighted by Gasteiger charge is 2.27. The molecule has 0 fully saturated rings. The van der Waals surface area contributed by atoms with Crippen LogP contribution in [0.2, 0.25) is 0 Å². The summed E-state index contributed by atoms with van der Waals surface area (Å²) in [6, 6.07) is 27.2. The van der Waals surface area contributed by atoms with Crippen LogP contribution in [0.25, 0.3) is 36.2 Å². The summed E-state index contributed by atoms with van der Waals surface area (Å²) in [5.74, 6) is -6.58. The van der Waals surface area contributed by atoms with Gasteiger partial charge in [-0.15, -0.1) is 0 Å². The Bertz CT molecular complexity index is 3880. The Morgan fingerprint density at radius 3 is 1.27 bits per heavy atom. The molecule has 2 amide bonds. The van der Waals surface area contributed by atoms with E-state index >= 15 is 0 Å². The van der Waals surface area contributed by atoms with Gasteiger partial charge in [0.05, 0.1) is 38.3 Å². The van der Waals surface area contributed by atoms with Gasteiger partial charge in [0.1, 0.15) is 58.6 Å². The molecular formula is C60H43F6N7O4S3. The minimum atomic E-state index is -0.924. The first-order valence-corrected chi connectivity index (χ1v) is 27.6. The maximum Gasteiger partial charge on any atom is 0.263 e. The number of benzene rings is 6. The molecule has 11 nitrogen and oxygen atoms in total. The molecule has 0 atom stereocenters. The highest BCUT2D eigenvalue weighted by Crippen LogP contribution is 2.44. The van der Waals surface area contributed by atoms with Crippen molar-refractivity contribution in [2.75, 3.05) is 16.0 Å². The average molecular weight is 1140 g/mol. The largest absolute Gasteiger partial charge is 0.357 e. The number of aryl methyl sites for hydroxylation is 3. The molecule has 3 heterocycles. The van der Waals surface area contributed by atoms with Gasteiger partial charge < -0.3 is 5.32 Å². The SMILES string of the molecule is O=Cc1cccc2c1CCCc1nc(NC(=O)c3c(F)cccc3F)sc1-2.O=Cc1cccc2c1CCCc1nc(NCc3c(F)cccc3F)sc1-2.[C-]#[N+]c1cccc2c1CCCc1nc(NC(=O)c3c(F)cccc3F)sc1-2. The van der Waals surface area contributed by atoms with Crippen molar-refractivity contribution in [1.29, 1.82) is 0 Å². The molecule has 3 aromatic heterocycles. The van der Waals surface area contributed by atoms with Crippen molar-refractivity contribution in [3.05, 3.63) is 217 Å². The van der Waals surface area contributed by atoms with Gasteiger partial charge in [0.2, 0.25) is 0 Å². The van der Waals surface area contributed by atoms with Crippen LogP contribution in [-0.2, 0) is 45.1 Å². The number of carbonyl (C=O) groups is 4. The van der Waals surface area contributed by atoms with E-state index in [0.29, 0.717) is 34.8 Å². The van der Waals surface area contributed by atoms with Crippen LogP contribution in [-0.4, -0.2) is 39.3 Å². The molecule has 0 aliphatic heterocycles. The van der Waals surface area contributed by atoms with Crippen LogP contribution in [0.5, 0.6) is 0 Å². The summed E-state index contributed by atoms with van der Waals surface area (Å²) < 4.78 is 82.8. The van der Waals surface area contributed by atoms with Crippen molar-refractivity contribution in [3.8, 4) is 31.3 Å². The fourth-order valence-corrected chi connectivity index (χ4v) is 13.0. The topological polar surface area (TPSA) is 147 Å². The second-order valence-electron chi connectivity index (χ2n) is 18.5. The Hall–Kier alpha value is -8.64. The van der Waals surface area contributed by atoms with Gasteiger partial charge in [0.25, 0.3) is 11.8 Å². The van der Waals surface area contributed by atoms with E-state index in [1.165, 1.54) is 64.3 Å². The molecule has 0 radical (unpaired) electrons. The lowest BCUT2D eigenvalue weighted by Crippen LogP contribution is -2.15. The Balaban J connectivity index is 0.000000135. The summed E-state index contributed by atoms with van der Waals surface area (Å²) in [7, 11) is 0. The first-order valence-electron chi connectivity index (χ1n) is 25.1. The number of aromatic nitrogens is 3. The zero-order chi connectivity index (χ0) is 56.0. The Labute approximate surface area is 466 Å². The Kier molecular flexibility index (Phi) is 16.5. The summed E-state index contributed by atoms with van der Waals surface area (Å²) >= 11 is 3.95. The molecule has 3 aliphatic rings. The van der Waals surface area contributed by atoms with Crippen molar-refractivity contribution in [2.24, 2.45) is 0 Å². The molecule has 12 rings (SSSR count). The third-order valence-corrected chi connectivity index (χ3v) is 16.8. The van der Waals surface area contributed by atoms with Crippen LogP contribution in [0.3, 0.4) is 0 Å². The number of aldehydes is 2. The maximum atomic E-state index is 13.8. The van der Waals surface area contributed by atoms with Crippen molar-refractivity contribution < 1.29 is 45.5 Å². The number of amides is 2. The van der Waals surface area contributed by atoms with E-state index < -0.39 is 57.8 Å². The predicted octanol–water partition coefficient (Wildman–Crippen LogP) is 15.0. The molecule has 6 aromatic carbocycles. The summed E-state index contributed by atoms with van der Waals surface area (Å²) in [5.41, 5.74) is 9.21. The van der Waals surface area contributed by atoms with Crippen molar-refractivity contribution in [3.63, 3.8) is 0 Å². The van der Waals surface area contributed by atoms with E-state index in [-0.39, 0.29) is 22.4 Å². The second-order valence-corrected chi connectivity index (χ2v) is 21.5. The van der Waals surface area contributed by atoms with E-state index in [1.54, 1.807) is 12.1 Å². The van der Waals surface area contributed by atoms with Gasteiger partial charge in [-0.25, -0.2) is 46.1 Å². The fraction of sp³-hybridized carbons (Fsp3) is 0.167. The molecule has 20 heteroatoms. The van der Waals surface area contributed by atoms with Crippen LogP contribution in [0.1, 0.15) is 100 Å². The third-order valence-electron chi connectivity index (χ3n) is 13.6. The van der Waals surface area contributed by atoms with Gasteiger partial charge in [-0.1, -0.05) is 107 Å². The maximum absolute atomic E-state index is 13.8. The van der Waals surface area contributed by atoms with Crippen molar-refractivity contribution >= 4 is 79.5 Å². The Morgan fingerprint density at radius 1 is 0.487 bits per heavy atom. The minimum Gasteiger partial charge on any atom is -0.357 e. The van der Waals surface area contributed by atoms with Crippen LogP contribution in [0, 0.1) is 41.5 Å². The normalized spacial score (nSPS) is 12.7. The molecule has 402 valence electrons. The fourth-order valence-electron chi connectivity index (χ4n) is 9.86. The molecule has 0 spiro atoms. The minimum absolute atomic E-state index is 0.00142. The molecule has 0 saturated carbocycles. The number of anilines is 3. The summed E-state index contributed by atoms with van der Waals surface area (Å²) in [6.07, 6.45) is 8.94. The summed E-state index contributed by atoms with van der Waals surface area (Å²) in [4.78, 5) is 67.2. The molecule has 0 unspecified atom stereocenters. The highest BCUT2D eigenvalue weighted by molar-refractivity contribution is 7.20. The number of hydrogen-bond acceptors (Lipinski definition) is 11. The quantitative estimate of drug-likeness (QED) is 0.0735. The van der Waals surface area contributed by atoms with Crippen LogP contribution in [0.15, 0.2) is 109 Å². The Morgan fingerprint density at radius 2 is 0.850 bits per heavy atom. The van der Waals surface area contributed by atoms with Gasteiger partial charge >= 0.3 is 0 Å². The summed E-state index contributed by atoms with van der Waals surface area (Å²) in [6.45, 7) is 7.39. The lowest BCUT2D eigenvalue weighted by Gasteiger charge is -2.08. The first-order chi connectivity index (χ1) is 38.8. The third kappa shape index (κ3) is 11.4. The van der Waals surface area contributed by atoms with Gasteiger partial charge in [-0.05, 0) is 128 Å². The number of nitrogens with one attached hydrogen (secondary N) is 3. The van der Waals surface area contributed by atoms with E-state index in [1.807, 2.05) is 42.5 Å². The molecule has 3 N–H and O–H groups in total. The molecule has 80 heavy (non-hydrogen) atoms. The smallest absolute Gasteiger partial charge is 0.263 e. The van der Waals surface area contributed by atoms with Gasteiger partial charge in [0, 0.05) is 23.2 Å². The van der Waals surface area contributed by atoms with E-state index in [9.17, 15) is 45.5 Å². The first kappa shape index (κ1) is 54.7. The van der Waals surface area contributed by atoms with E-state index in [2.05, 4.69) is 35.7 Å². The van der Waals surface area contributed by atoms with Crippen LogP contribution >= 0.6 is 34.0 Å². The van der Waals surface area contributed by atoms with Crippen LogP contribution in [0.4, 0.5) is 47.4 Å². The lowest BCUT2D eigenvalue weighted by atomic mass is 9.98. The zero-order valence-electron chi connectivity index (χ0n) is 42.0. The van der Waals surface area contributed by atoms with E-state index in [4.69, 9.17) is 6.57 Å². The lowest BCUT2D eigenvalue weighted by molar-refractivity contribution is 0.101. The average Bonchev–Trinajstić information content (AvgIpc) is 4.13. The molecule has 0 saturated heterocycles. The second kappa shape index (κ2) is 24.2. The highest BCUT2D eigenvalue weighted by atomic mass is 32.1. The van der Waals surface area contributed by atoms with Crippen molar-refractivity contribution in [2.45, 2.75) is 64.3 Å². The van der Waals surface area contributed by atoms with Gasteiger partial charge in [0.15, 0.2) is 21.1 Å². The molecule has 9 aromatic rings. The molecular weight excluding hydrogens is 1090 g/mol. The zero-order valence-corrected chi connectivity index (χ0v) is 44.5. The van der Waals surface area contributed by atoms with Crippen LogP contribution < -0.4 is 16.0 Å². The van der Waals surface area contributed by atoms with Gasteiger partial charge in [-0.3, -0.25) is 29.8 Å². The molecule has 3 aliphatic carbocycles. The standard InChI is InChI=1S/C20H13F2N3OS.C20H14F2N2O2S.C20H16F2N2OS/c1-23-15-9-3-6-12-11(15)5-2-10-16-18(12)27-20(24-16)25-19(26)17-13(21)7-4-8-14(17)22;21-14-7-3-8-15(22)17(14)19(26)24-20-23-16-9-2-5-12-11(10-25)4-1-6-13(12)18(16)27-20;21-16-7-3-8-17(22)15(16)10-23-20-24-18-9-2-5-13-12(11-25)4-1-6-14(13)19(18)26-20/h3-4,6-9H,2,5,10H2,(H,24,25,26);1,3-4,6-8,10H,2,5,9H2,(H,23,24,26);1,3-4,6-8,11H,2,5,9-10H2,(H,23,24). The molecule has 0 bridgehead atoms. The van der Waals surface area contributed by atoms with Crippen molar-refractivity contribution in [1.82, 2.24) is 15.0 Å². The number of halogens is 6. The summed E-state index contributed by atoms with van der Waals surface area (Å²) in [5, 5.41) is 9.23. The number of rotatable bonds is 9. The number of fused-ring (bicyclic) bond motifs is 9. The van der Waals surface area contributed by atoms with Gasteiger partial charge in [-0.2, -0.15) is 0 Å². The van der Waals surface area contributed by atoms with E-state index in [0.717, 1.165) is 147 Å². The number of thiazole rings is 3. The number of carbonyl (C=O) groups excluding carboxylic acids is 4. The predicted molar refractivity (Wildman–Crippen MR) is 298 cm³/mol. The number of hydrogen-bond donors (Lipinski definition) is 3. The monoisotopic (exact) mass is 1140 g/mol.